The first-order chi connectivity index (χ1) is 15.8. The highest BCUT2D eigenvalue weighted by Crippen LogP contribution is 2.50. The molecular formula is C26H25N3O2S2. The van der Waals surface area contributed by atoms with Gasteiger partial charge in [-0.2, -0.15) is 10.4 Å². The van der Waals surface area contributed by atoms with Crippen LogP contribution < -0.4 is 0 Å². The van der Waals surface area contributed by atoms with E-state index in [0.717, 1.165) is 32.3 Å². The maximum absolute atomic E-state index is 13.2. The Morgan fingerprint density at radius 1 is 1.18 bits per heavy atom. The van der Waals surface area contributed by atoms with Crippen LogP contribution in [0.2, 0.25) is 0 Å². The normalized spacial score (nSPS) is 17.7. The third-order valence-electron chi connectivity index (χ3n) is 6.41. The molecule has 2 aromatic heterocycles. The van der Waals surface area contributed by atoms with Crippen LogP contribution in [0.25, 0.3) is 10.6 Å². The van der Waals surface area contributed by atoms with Crippen LogP contribution in [0.1, 0.15) is 77.8 Å². The highest BCUT2D eigenvalue weighted by Gasteiger charge is 2.37. The summed E-state index contributed by atoms with van der Waals surface area (Å²) in [6.07, 6.45) is 8.03. The number of hydrogen-bond donors (Lipinski definition) is 0. The SMILES string of the molecule is CC1(C)CC(=O)c2c(SC3CCCC3)sc(-c3ccn(C(=O)c4ccc(C#N)cc4)n3)c2C1. The van der Waals surface area contributed by atoms with Gasteiger partial charge in [-0.25, -0.2) is 4.68 Å². The molecule has 0 radical (unpaired) electrons. The first-order valence-electron chi connectivity index (χ1n) is 11.3. The number of ketones is 1. The van der Waals surface area contributed by atoms with E-state index in [1.165, 1.54) is 30.4 Å². The number of hydrogen-bond acceptors (Lipinski definition) is 6. The lowest BCUT2D eigenvalue weighted by Crippen LogP contribution is -2.26. The lowest BCUT2D eigenvalue weighted by molar-refractivity contribution is 0.0908. The second-order valence-electron chi connectivity index (χ2n) is 9.68. The average Bonchev–Trinajstić information content (AvgIpc) is 3.53. The van der Waals surface area contributed by atoms with E-state index >= 15 is 0 Å². The van der Waals surface area contributed by atoms with Gasteiger partial charge in [-0.05, 0) is 60.6 Å². The molecule has 1 saturated carbocycles. The smallest absolute Gasteiger partial charge is 0.278 e. The number of Topliss-reactive ketones (excluding diaryl/α,β-unsaturated/α-hetero) is 1. The fourth-order valence-corrected chi connectivity index (χ4v) is 7.89. The molecular weight excluding hydrogens is 450 g/mol. The molecule has 3 aromatic rings. The minimum atomic E-state index is -0.242. The molecule has 5 nitrogen and oxygen atoms in total. The zero-order valence-electron chi connectivity index (χ0n) is 18.8. The molecule has 2 aliphatic rings. The van der Waals surface area contributed by atoms with Crippen LogP contribution in [-0.2, 0) is 6.42 Å². The summed E-state index contributed by atoms with van der Waals surface area (Å²) in [5.41, 5.74) is 3.64. The molecule has 168 valence electrons. The Bertz CT molecular complexity index is 1270. The van der Waals surface area contributed by atoms with Crippen LogP contribution in [0.15, 0.2) is 40.7 Å². The summed E-state index contributed by atoms with van der Waals surface area (Å²) in [4.78, 5) is 27.1. The lowest BCUT2D eigenvalue weighted by atomic mass is 9.74. The van der Waals surface area contributed by atoms with Crippen molar-refractivity contribution in [2.45, 2.75) is 61.8 Å². The number of thiophene rings is 1. The zero-order valence-corrected chi connectivity index (χ0v) is 20.4. The Hall–Kier alpha value is -2.69. The van der Waals surface area contributed by atoms with Crippen LogP contribution >= 0.6 is 23.1 Å². The standard InChI is InChI=1S/C26H25N3O2S2/c1-26(2)13-19-22(21(30)14-26)25(32-18-5-3-4-6-18)33-23(19)20-11-12-29(28-20)24(31)17-9-7-16(15-27)8-10-17/h7-12,18H,3-6,13-14H2,1-2H3. The van der Waals surface area contributed by atoms with Gasteiger partial charge in [0.15, 0.2) is 5.78 Å². The minimum Gasteiger partial charge on any atom is -0.294 e. The van der Waals surface area contributed by atoms with Crippen LogP contribution in [0.4, 0.5) is 0 Å². The first-order valence-corrected chi connectivity index (χ1v) is 13.0. The molecule has 1 fully saturated rings. The van der Waals surface area contributed by atoms with Gasteiger partial charge in [0.2, 0.25) is 0 Å². The molecule has 0 amide bonds. The second kappa shape index (κ2) is 8.58. The van der Waals surface area contributed by atoms with Crippen molar-refractivity contribution in [3.8, 4) is 16.6 Å². The van der Waals surface area contributed by atoms with E-state index in [4.69, 9.17) is 5.26 Å². The number of nitrogens with zero attached hydrogens (tertiary/aromatic N) is 3. The van der Waals surface area contributed by atoms with Crippen molar-refractivity contribution in [3.63, 3.8) is 0 Å². The molecule has 5 rings (SSSR count). The largest absolute Gasteiger partial charge is 0.294 e. The van der Waals surface area contributed by atoms with Crippen molar-refractivity contribution in [1.29, 1.82) is 5.26 Å². The number of aromatic nitrogens is 2. The van der Waals surface area contributed by atoms with Crippen LogP contribution in [0.3, 0.4) is 0 Å². The molecule has 0 unspecified atom stereocenters. The van der Waals surface area contributed by atoms with E-state index in [1.54, 1.807) is 41.8 Å². The predicted octanol–water partition coefficient (Wildman–Crippen LogP) is 6.36. The molecule has 0 aliphatic heterocycles. The van der Waals surface area contributed by atoms with E-state index in [1.807, 2.05) is 17.8 Å². The molecule has 33 heavy (non-hydrogen) atoms. The Morgan fingerprint density at radius 3 is 2.61 bits per heavy atom. The van der Waals surface area contributed by atoms with Gasteiger partial charge in [-0.1, -0.05) is 26.7 Å². The maximum Gasteiger partial charge on any atom is 0.278 e. The van der Waals surface area contributed by atoms with Crippen LogP contribution in [0, 0.1) is 16.7 Å². The molecule has 2 heterocycles. The number of carbonyl (C=O) groups is 2. The van der Waals surface area contributed by atoms with Gasteiger partial charge in [-0.3, -0.25) is 9.59 Å². The molecule has 1 aromatic carbocycles. The van der Waals surface area contributed by atoms with Crippen molar-refractivity contribution < 1.29 is 9.59 Å². The van der Waals surface area contributed by atoms with Crippen molar-refractivity contribution in [2.24, 2.45) is 5.41 Å². The summed E-state index contributed by atoms with van der Waals surface area (Å²) >= 11 is 3.53. The number of thioether (sulfide) groups is 1. The average molecular weight is 476 g/mol. The molecule has 0 bridgehead atoms. The summed E-state index contributed by atoms with van der Waals surface area (Å²) < 4.78 is 2.47. The van der Waals surface area contributed by atoms with Crippen molar-refractivity contribution in [2.75, 3.05) is 0 Å². The highest BCUT2D eigenvalue weighted by molar-refractivity contribution is 8.01. The third kappa shape index (κ3) is 4.30. The van der Waals surface area contributed by atoms with E-state index in [2.05, 4.69) is 25.0 Å². The van der Waals surface area contributed by atoms with E-state index in [0.29, 0.717) is 22.8 Å². The van der Waals surface area contributed by atoms with Gasteiger partial charge in [0.25, 0.3) is 5.91 Å². The first kappa shape index (κ1) is 22.1. The Kier molecular flexibility index (Phi) is 5.75. The number of fused-ring (bicyclic) bond motifs is 1. The summed E-state index contributed by atoms with van der Waals surface area (Å²) in [5, 5.41) is 14.2. The zero-order chi connectivity index (χ0) is 23.2. The van der Waals surface area contributed by atoms with Crippen LogP contribution in [0.5, 0.6) is 0 Å². The summed E-state index contributed by atoms with van der Waals surface area (Å²) in [5.74, 6) is -0.00883. The Labute approximate surface area is 201 Å². The van der Waals surface area contributed by atoms with Gasteiger partial charge < -0.3 is 0 Å². The quantitative estimate of drug-likeness (QED) is 0.439. The number of benzene rings is 1. The summed E-state index contributed by atoms with van der Waals surface area (Å²) in [7, 11) is 0. The van der Waals surface area contributed by atoms with E-state index in [9.17, 15) is 9.59 Å². The molecule has 0 atom stereocenters. The lowest BCUT2D eigenvalue weighted by Gasteiger charge is -2.29. The monoisotopic (exact) mass is 475 g/mol. The van der Waals surface area contributed by atoms with Gasteiger partial charge in [0, 0.05) is 29.0 Å². The number of rotatable bonds is 4. The molecule has 0 spiro atoms. The second-order valence-corrected chi connectivity index (χ2v) is 12.3. The van der Waals surface area contributed by atoms with E-state index in [-0.39, 0.29) is 17.1 Å². The summed E-state index contributed by atoms with van der Waals surface area (Å²) in [6, 6.07) is 10.5. The van der Waals surface area contributed by atoms with Crippen molar-refractivity contribution in [1.82, 2.24) is 9.78 Å². The number of carbonyl (C=O) groups excluding carboxylic acids is 2. The van der Waals surface area contributed by atoms with E-state index < -0.39 is 0 Å². The van der Waals surface area contributed by atoms with Gasteiger partial charge in [0.05, 0.1) is 20.7 Å². The summed E-state index contributed by atoms with van der Waals surface area (Å²) in [6.45, 7) is 4.29. The molecule has 2 aliphatic carbocycles. The van der Waals surface area contributed by atoms with Crippen molar-refractivity contribution in [3.05, 3.63) is 58.8 Å². The minimum absolute atomic E-state index is 0.0872. The van der Waals surface area contributed by atoms with Crippen molar-refractivity contribution >= 4 is 34.8 Å². The predicted molar refractivity (Wildman–Crippen MR) is 131 cm³/mol. The van der Waals surface area contributed by atoms with Gasteiger partial charge in [0.1, 0.15) is 5.69 Å². The molecule has 7 heteroatoms. The Morgan fingerprint density at radius 2 is 1.91 bits per heavy atom. The van der Waals surface area contributed by atoms with Crippen LogP contribution in [-0.4, -0.2) is 26.7 Å². The fourth-order valence-electron chi connectivity index (χ4n) is 4.78. The number of nitriles is 1. The molecule has 0 N–H and O–H groups in total. The Balaban J connectivity index is 1.51. The highest BCUT2D eigenvalue weighted by atomic mass is 32.2. The fraction of sp³-hybridized carbons (Fsp3) is 0.385. The third-order valence-corrected chi connectivity index (χ3v) is 9.23. The van der Waals surface area contributed by atoms with Gasteiger partial charge >= 0.3 is 0 Å². The van der Waals surface area contributed by atoms with Gasteiger partial charge in [-0.15, -0.1) is 23.1 Å². The maximum atomic E-state index is 13.2. The topological polar surface area (TPSA) is 75.8 Å². The molecule has 0 saturated heterocycles.